The van der Waals surface area contributed by atoms with Gasteiger partial charge in [0.05, 0.1) is 12.1 Å². The average molecular weight is 529 g/mol. The minimum absolute atomic E-state index is 0.0592. The number of nitrogens with zero attached hydrogens (tertiary/aromatic N) is 4. The molecular formula is C31H40N6O2. The Morgan fingerprint density at radius 3 is 2.90 bits per heavy atom. The summed E-state index contributed by atoms with van der Waals surface area (Å²) in [6.07, 6.45) is 9.68. The van der Waals surface area contributed by atoms with Gasteiger partial charge in [-0.2, -0.15) is 0 Å². The highest BCUT2D eigenvalue weighted by Gasteiger charge is 2.24. The summed E-state index contributed by atoms with van der Waals surface area (Å²) in [5.74, 6) is 0.975. The molecule has 1 saturated carbocycles. The highest BCUT2D eigenvalue weighted by Crippen LogP contribution is 2.36. The number of pyridine rings is 1. The molecule has 39 heavy (non-hydrogen) atoms. The third-order valence-electron chi connectivity index (χ3n) is 8.71. The van der Waals surface area contributed by atoms with Crippen LogP contribution in [0.25, 0.3) is 21.9 Å². The predicted octanol–water partition coefficient (Wildman–Crippen LogP) is 4.50. The van der Waals surface area contributed by atoms with Crippen LogP contribution in [0.4, 0.5) is 0 Å². The zero-order valence-corrected chi connectivity index (χ0v) is 23.3. The number of aromatic amines is 1. The van der Waals surface area contributed by atoms with E-state index in [1.165, 1.54) is 48.8 Å². The zero-order chi connectivity index (χ0) is 26.8. The van der Waals surface area contributed by atoms with Gasteiger partial charge in [0.1, 0.15) is 11.0 Å². The third-order valence-corrected chi connectivity index (χ3v) is 8.71. The molecule has 1 aliphatic heterocycles. The standard InChI is InChI=1S/C31H40N6O2/c1-21-9-10-22(25-11-12-28(38)33-29(21)25)13-15-32-20-23-19-27-30(31-26(23)14-18-39-31)37(35-34-27)17-6-16-36(2)24-7-4-3-5-8-24/h9-12,19,24,32H,3-8,13-18,20H2,1-2H3,(H,33,38). The number of aromatic nitrogens is 4. The van der Waals surface area contributed by atoms with Crippen molar-refractivity contribution in [3.63, 3.8) is 0 Å². The minimum Gasteiger partial charge on any atom is -0.491 e. The van der Waals surface area contributed by atoms with Gasteiger partial charge in [0.25, 0.3) is 0 Å². The summed E-state index contributed by atoms with van der Waals surface area (Å²) in [6.45, 7) is 6.30. The van der Waals surface area contributed by atoms with Gasteiger partial charge in [-0.1, -0.05) is 36.6 Å². The average Bonchev–Trinajstić information content (AvgIpc) is 3.60. The first kappa shape index (κ1) is 26.0. The maximum atomic E-state index is 11.8. The van der Waals surface area contributed by atoms with Crippen LogP contribution >= 0.6 is 0 Å². The van der Waals surface area contributed by atoms with Gasteiger partial charge in [0.2, 0.25) is 5.56 Å². The quantitative estimate of drug-likeness (QED) is 0.295. The van der Waals surface area contributed by atoms with E-state index in [-0.39, 0.29) is 5.56 Å². The van der Waals surface area contributed by atoms with E-state index in [1.54, 1.807) is 6.07 Å². The van der Waals surface area contributed by atoms with Gasteiger partial charge in [-0.25, -0.2) is 4.68 Å². The van der Waals surface area contributed by atoms with E-state index in [2.05, 4.69) is 55.4 Å². The number of H-pyrrole nitrogens is 1. The maximum absolute atomic E-state index is 11.8. The van der Waals surface area contributed by atoms with Crippen LogP contribution in [0, 0.1) is 6.92 Å². The number of benzene rings is 2. The molecule has 4 aromatic rings. The second-order valence-electron chi connectivity index (χ2n) is 11.3. The fourth-order valence-corrected chi connectivity index (χ4v) is 6.49. The molecule has 2 N–H and O–H groups in total. The molecule has 0 bridgehead atoms. The summed E-state index contributed by atoms with van der Waals surface area (Å²) in [7, 11) is 2.28. The van der Waals surface area contributed by atoms with E-state index >= 15 is 0 Å². The topological polar surface area (TPSA) is 88.1 Å². The van der Waals surface area contributed by atoms with E-state index in [4.69, 9.17) is 4.74 Å². The van der Waals surface area contributed by atoms with E-state index in [9.17, 15) is 4.79 Å². The Kier molecular flexibility index (Phi) is 7.66. The molecule has 1 fully saturated rings. The molecule has 1 aliphatic carbocycles. The molecule has 0 saturated heterocycles. The molecule has 206 valence electrons. The van der Waals surface area contributed by atoms with Gasteiger partial charge in [-0.3, -0.25) is 4.79 Å². The molecule has 0 amide bonds. The SMILES string of the molecule is Cc1ccc(CCNCc2cc3nnn(CCCN(C)C4CCCCC4)c3c3c2CCO3)c2ccc(=O)[nH]c12. The second-order valence-corrected chi connectivity index (χ2v) is 11.3. The van der Waals surface area contributed by atoms with Crippen LogP contribution in [0.5, 0.6) is 5.75 Å². The molecule has 0 radical (unpaired) electrons. The van der Waals surface area contributed by atoms with E-state index in [0.29, 0.717) is 6.61 Å². The number of hydrogen-bond donors (Lipinski definition) is 2. The van der Waals surface area contributed by atoms with Crippen molar-refractivity contribution in [3.8, 4) is 5.75 Å². The number of fused-ring (bicyclic) bond motifs is 4. The Morgan fingerprint density at radius 1 is 1.15 bits per heavy atom. The Morgan fingerprint density at radius 2 is 2.03 bits per heavy atom. The van der Waals surface area contributed by atoms with Gasteiger partial charge < -0.3 is 19.9 Å². The van der Waals surface area contributed by atoms with Crippen LogP contribution in [0.2, 0.25) is 0 Å². The van der Waals surface area contributed by atoms with Crippen molar-refractivity contribution in [2.75, 3.05) is 26.7 Å². The van der Waals surface area contributed by atoms with Gasteiger partial charge >= 0.3 is 0 Å². The summed E-state index contributed by atoms with van der Waals surface area (Å²) >= 11 is 0. The van der Waals surface area contributed by atoms with Crippen LogP contribution in [0.1, 0.15) is 60.8 Å². The fourth-order valence-electron chi connectivity index (χ4n) is 6.49. The summed E-state index contributed by atoms with van der Waals surface area (Å²) in [4.78, 5) is 17.3. The lowest BCUT2D eigenvalue weighted by atomic mass is 9.94. The van der Waals surface area contributed by atoms with Crippen LogP contribution < -0.4 is 15.6 Å². The molecule has 2 aromatic carbocycles. The van der Waals surface area contributed by atoms with Crippen molar-refractivity contribution in [2.45, 2.75) is 77.4 Å². The van der Waals surface area contributed by atoms with Gasteiger partial charge in [-0.15, -0.1) is 5.10 Å². The molecular weight excluding hydrogens is 488 g/mol. The first-order chi connectivity index (χ1) is 19.1. The Labute approximate surface area is 229 Å². The highest BCUT2D eigenvalue weighted by molar-refractivity contribution is 5.85. The fraction of sp³-hybridized carbons (Fsp3) is 0.516. The summed E-state index contributed by atoms with van der Waals surface area (Å²) < 4.78 is 8.20. The monoisotopic (exact) mass is 528 g/mol. The minimum atomic E-state index is -0.0592. The smallest absolute Gasteiger partial charge is 0.248 e. The van der Waals surface area contributed by atoms with Crippen LogP contribution in [-0.4, -0.2) is 57.7 Å². The molecule has 2 aliphatic rings. The van der Waals surface area contributed by atoms with Crippen molar-refractivity contribution in [2.24, 2.45) is 0 Å². The number of hydrogen-bond acceptors (Lipinski definition) is 6. The van der Waals surface area contributed by atoms with Crippen molar-refractivity contribution < 1.29 is 4.74 Å². The largest absolute Gasteiger partial charge is 0.491 e. The molecule has 8 nitrogen and oxygen atoms in total. The lowest BCUT2D eigenvalue weighted by Gasteiger charge is -2.31. The number of ether oxygens (including phenoxy) is 1. The van der Waals surface area contributed by atoms with Crippen LogP contribution in [0.3, 0.4) is 0 Å². The molecule has 0 unspecified atom stereocenters. The van der Waals surface area contributed by atoms with E-state index < -0.39 is 0 Å². The number of aryl methyl sites for hydroxylation is 2. The van der Waals surface area contributed by atoms with Crippen molar-refractivity contribution in [1.29, 1.82) is 0 Å². The maximum Gasteiger partial charge on any atom is 0.248 e. The zero-order valence-electron chi connectivity index (χ0n) is 23.3. The molecule has 0 spiro atoms. The van der Waals surface area contributed by atoms with E-state index in [1.807, 2.05) is 13.0 Å². The van der Waals surface area contributed by atoms with E-state index in [0.717, 1.165) is 84.7 Å². The number of nitrogens with one attached hydrogen (secondary N) is 2. The van der Waals surface area contributed by atoms with Gasteiger partial charge in [0.15, 0.2) is 5.75 Å². The van der Waals surface area contributed by atoms with Crippen molar-refractivity contribution in [3.05, 3.63) is 62.9 Å². The summed E-state index contributed by atoms with van der Waals surface area (Å²) in [5, 5.41) is 13.8. The highest BCUT2D eigenvalue weighted by atomic mass is 16.5. The molecule has 0 atom stereocenters. The van der Waals surface area contributed by atoms with Crippen molar-refractivity contribution in [1.82, 2.24) is 30.2 Å². The number of rotatable bonds is 10. The molecule has 3 heterocycles. The first-order valence-corrected chi connectivity index (χ1v) is 14.6. The van der Waals surface area contributed by atoms with Crippen LogP contribution in [0.15, 0.2) is 35.1 Å². The molecule has 2 aromatic heterocycles. The van der Waals surface area contributed by atoms with Crippen molar-refractivity contribution >= 4 is 21.9 Å². The Bertz CT molecular complexity index is 1520. The summed E-state index contributed by atoms with van der Waals surface area (Å²) in [5.41, 5.74) is 7.70. The molecule has 8 heteroatoms. The molecule has 6 rings (SSSR count). The van der Waals surface area contributed by atoms with Gasteiger partial charge in [0, 0.05) is 42.6 Å². The Hall–Kier alpha value is -3.23. The van der Waals surface area contributed by atoms with Gasteiger partial charge in [-0.05, 0) is 81.6 Å². The summed E-state index contributed by atoms with van der Waals surface area (Å²) in [6, 6.07) is 10.7. The lowest BCUT2D eigenvalue weighted by molar-refractivity contribution is 0.187. The Balaban J connectivity index is 1.10. The second kappa shape index (κ2) is 11.5. The normalized spacial score (nSPS) is 15.9. The van der Waals surface area contributed by atoms with Crippen LogP contribution in [-0.2, 0) is 25.9 Å². The first-order valence-electron chi connectivity index (χ1n) is 14.6. The lowest BCUT2D eigenvalue weighted by Crippen LogP contribution is -2.34. The predicted molar refractivity (Wildman–Crippen MR) is 156 cm³/mol. The third kappa shape index (κ3) is 5.45.